The maximum Gasteiger partial charge on any atom is 0.354 e. The van der Waals surface area contributed by atoms with Gasteiger partial charge in [0.05, 0.1) is 6.54 Å². The molecule has 29 heavy (non-hydrogen) atoms. The zero-order valence-electron chi connectivity index (χ0n) is 15.0. The van der Waals surface area contributed by atoms with E-state index in [1.54, 1.807) is 24.3 Å². The lowest BCUT2D eigenvalue weighted by Crippen LogP contribution is -2.37. The molecule has 1 aliphatic rings. The van der Waals surface area contributed by atoms with Crippen LogP contribution in [0.5, 0.6) is 0 Å². The molecule has 0 aliphatic carbocycles. The number of fused-ring (bicyclic) bond motifs is 1. The second-order valence-corrected chi connectivity index (χ2v) is 6.41. The molecular weight excluding hydrogens is 384 g/mol. The molecule has 1 N–H and O–H groups in total. The highest BCUT2D eigenvalue weighted by molar-refractivity contribution is 5.96. The lowest BCUT2D eigenvalue weighted by atomic mass is 10.2. The molecule has 0 unspecified atom stereocenters. The Morgan fingerprint density at radius 3 is 2.55 bits per heavy atom. The summed E-state index contributed by atoms with van der Waals surface area (Å²) >= 11 is 0. The molecule has 148 valence electrons. The van der Waals surface area contributed by atoms with Gasteiger partial charge in [0.2, 0.25) is 5.91 Å². The number of anilines is 1. The van der Waals surface area contributed by atoms with Crippen molar-refractivity contribution in [1.82, 2.24) is 19.7 Å². The van der Waals surface area contributed by atoms with Gasteiger partial charge in [-0.25, -0.2) is 23.1 Å². The average Bonchev–Trinajstić information content (AvgIpc) is 3.18. The van der Waals surface area contributed by atoms with Crippen LogP contribution in [0.4, 0.5) is 19.3 Å². The standard InChI is InChI=1S/C19H15F2N5O3/c20-13-7-6-12(15(21)8-13)9-22-17(27)11-25-19(29)26-16(23-25)10-24(18(26)28)14-4-2-1-3-5-14/h1-8H,9-11H2,(H,22,27). The highest BCUT2D eigenvalue weighted by atomic mass is 19.1. The number of hydrogen-bond acceptors (Lipinski definition) is 4. The third-order valence-corrected chi connectivity index (χ3v) is 4.48. The Kier molecular flexibility index (Phi) is 4.67. The number of carbonyl (C=O) groups excluding carboxylic acids is 2. The van der Waals surface area contributed by atoms with Gasteiger partial charge < -0.3 is 5.32 Å². The molecule has 1 aliphatic heterocycles. The third-order valence-electron chi connectivity index (χ3n) is 4.48. The van der Waals surface area contributed by atoms with Crippen LogP contribution < -0.4 is 15.9 Å². The molecule has 10 heteroatoms. The minimum atomic E-state index is -0.782. The molecular formula is C19H15F2N5O3. The van der Waals surface area contributed by atoms with E-state index in [1.165, 1.54) is 11.0 Å². The minimum absolute atomic E-state index is 0.105. The second kappa shape index (κ2) is 7.30. The molecule has 3 aromatic rings. The van der Waals surface area contributed by atoms with Gasteiger partial charge >= 0.3 is 11.7 Å². The Labute approximate surface area is 163 Å². The van der Waals surface area contributed by atoms with Crippen LogP contribution in [-0.4, -0.2) is 26.3 Å². The summed E-state index contributed by atoms with van der Waals surface area (Å²) in [5.41, 5.74) is 0.00711. The Morgan fingerprint density at radius 1 is 1.10 bits per heavy atom. The van der Waals surface area contributed by atoms with E-state index in [0.29, 0.717) is 5.69 Å². The smallest absolute Gasteiger partial charge is 0.350 e. The zero-order valence-corrected chi connectivity index (χ0v) is 15.0. The van der Waals surface area contributed by atoms with Gasteiger partial charge in [0.1, 0.15) is 18.2 Å². The van der Waals surface area contributed by atoms with Gasteiger partial charge in [-0.2, -0.15) is 9.67 Å². The average molecular weight is 399 g/mol. The molecule has 0 spiro atoms. The van der Waals surface area contributed by atoms with E-state index in [1.807, 2.05) is 6.07 Å². The Bertz CT molecular complexity index is 1160. The van der Waals surface area contributed by atoms with Crippen LogP contribution in [0.3, 0.4) is 0 Å². The maximum absolute atomic E-state index is 13.6. The molecule has 0 saturated heterocycles. The van der Waals surface area contributed by atoms with Crippen LogP contribution in [-0.2, 0) is 24.4 Å². The first-order chi connectivity index (χ1) is 13.9. The Balaban J connectivity index is 1.44. The van der Waals surface area contributed by atoms with Crippen LogP contribution in [0.25, 0.3) is 0 Å². The predicted octanol–water partition coefficient (Wildman–Crippen LogP) is 1.63. The molecule has 0 fully saturated rings. The SMILES string of the molecule is O=C(Cn1nc2n(c1=O)C(=O)N(c1ccccc1)C2)NCc1ccc(F)cc1F. The molecule has 0 bridgehead atoms. The van der Waals surface area contributed by atoms with E-state index in [4.69, 9.17) is 0 Å². The second-order valence-electron chi connectivity index (χ2n) is 6.41. The predicted molar refractivity (Wildman–Crippen MR) is 98.1 cm³/mol. The van der Waals surface area contributed by atoms with E-state index in [9.17, 15) is 23.2 Å². The summed E-state index contributed by atoms with van der Waals surface area (Å²) in [4.78, 5) is 38.5. The van der Waals surface area contributed by atoms with Crippen molar-refractivity contribution in [2.75, 3.05) is 4.90 Å². The number of nitrogens with zero attached hydrogens (tertiary/aromatic N) is 4. The van der Waals surface area contributed by atoms with Crippen molar-refractivity contribution in [1.29, 1.82) is 0 Å². The number of aromatic nitrogens is 3. The van der Waals surface area contributed by atoms with Gasteiger partial charge in [0.25, 0.3) is 0 Å². The van der Waals surface area contributed by atoms with Crippen LogP contribution in [0, 0.1) is 11.6 Å². The van der Waals surface area contributed by atoms with Gasteiger partial charge in [-0.05, 0) is 18.2 Å². The molecule has 4 rings (SSSR count). The van der Waals surface area contributed by atoms with Gasteiger partial charge in [-0.15, -0.1) is 0 Å². The summed E-state index contributed by atoms with van der Waals surface area (Å²) in [6.07, 6.45) is 0. The summed E-state index contributed by atoms with van der Waals surface area (Å²) < 4.78 is 28.3. The summed E-state index contributed by atoms with van der Waals surface area (Å²) in [6.45, 7) is -0.498. The fraction of sp³-hybridized carbons (Fsp3) is 0.158. The van der Waals surface area contributed by atoms with Crippen molar-refractivity contribution in [2.24, 2.45) is 0 Å². The fourth-order valence-electron chi connectivity index (χ4n) is 3.04. The van der Waals surface area contributed by atoms with Crippen molar-refractivity contribution in [3.05, 3.63) is 82.0 Å². The number of hydrogen-bond donors (Lipinski definition) is 1. The number of halogens is 2. The number of benzene rings is 2. The molecule has 2 amide bonds. The monoisotopic (exact) mass is 399 g/mol. The quantitative estimate of drug-likeness (QED) is 0.706. The summed E-state index contributed by atoms with van der Waals surface area (Å²) in [5.74, 6) is -1.87. The number of nitrogens with one attached hydrogen (secondary N) is 1. The van der Waals surface area contributed by atoms with E-state index >= 15 is 0 Å². The lowest BCUT2D eigenvalue weighted by molar-refractivity contribution is -0.122. The zero-order chi connectivity index (χ0) is 20.5. The van der Waals surface area contributed by atoms with E-state index in [-0.39, 0.29) is 24.5 Å². The van der Waals surface area contributed by atoms with Crippen LogP contribution in [0.2, 0.25) is 0 Å². The molecule has 1 aromatic heterocycles. The number of amides is 2. The van der Waals surface area contributed by atoms with Crippen LogP contribution in [0.1, 0.15) is 11.4 Å². The number of para-hydroxylation sites is 1. The first kappa shape index (κ1) is 18.5. The molecule has 0 saturated carbocycles. The highest BCUT2D eigenvalue weighted by Gasteiger charge is 2.33. The molecule has 2 heterocycles. The van der Waals surface area contributed by atoms with Crippen LogP contribution in [0.15, 0.2) is 53.3 Å². The van der Waals surface area contributed by atoms with E-state index < -0.39 is 35.8 Å². The largest absolute Gasteiger partial charge is 0.354 e. The van der Waals surface area contributed by atoms with E-state index in [2.05, 4.69) is 10.4 Å². The topological polar surface area (TPSA) is 89.2 Å². The fourth-order valence-corrected chi connectivity index (χ4v) is 3.04. The lowest BCUT2D eigenvalue weighted by Gasteiger charge is -2.14. The van der Waals surface area contributed by atoms with Gasteiger partial charge in [0, 0.05) is 23.9 Å². The van der Waals surface area contributed by atoms with Crippen molar-refractivity contribution in [2.45, 2.75) is 19.6 Å². The highest BCUT2D eigenvalue weighted by Crippen LogP contribution is 2.21. The first-order valence-electron chi connectivity index (χ1n) is 8.70. The molecule has 0 atom stereocenters. The Hall–Kier alpha value is -3.82. The van der Waals surface area contributed by atoms with Crippen molar-refractivity contribution in [3.63, 3.8) is 0 Å². The normalized spacial score (nSPS) is 12.9. The third kappa shape index (κ3) is 3.51. The molecule has 2 aromatic carbocycles. The van der Waals surface area contributed by atoms with Crippen molar-refractivity contribution >= 4 is 17.6 Å². The number of carbonyl (C=O) groups is 2. The summed E-state index contributed by atoms with van der Waals surface area (Å²) in [5, 5.41) is 6.50. The molecule has 8 nitrogen and oxygen atoms in total. The number of rotatable bonds is 5. The Morgan fingerprint density at radius 2 is 1.86 bits per heavy atom. The van der Waals surface area contributed by atoms with Crippen molar-refractivity contribution in [3.8, 4) is 0 Å². The van der Waals surface area contributed by atoms with Crippen LogP contribution >= 0.6 is 0 Å². The summed E-state index contributed by atoms with van der Waals surface area (Å²) in [6, 6.07) is 11.3. The maximum atomic E-state index is 13.6. The van der Waals surface area contributed by atoms with E-state index in [0.717, 1.165) is 21.4 Å². The first-order valence-corrected chi connectivity index (χ1v) is 8.70. The minimum Gasteiger partial charge on any atom is -0.350 e. The van der Waals surface area contributed by atoms with Gasteiger partial charge in [0.15, 0.2) is 5.82 Å². The van der Waals surface area contributed by atoms with Gasteiger partial charge in [-0.3, -0.25) is 9.69 Å². The molecule has 0 radical (unpaired) electrons. The summed E-state index contributed by atoms with van der Waals surface area (Å²) in [7, 11) is 0. The van der Waals surface area contributed by atoms with Crippen molar-refractivity contribution < 1.29 is 18.4 Å². The van der Waals surface area contributed by atoms with Gasteiger partial charge in [-0.1, -0.05) is 24.3 Å².